The number of non-ortho nitro benzene ring substituents is 1. The van der Waals surface area contributed by atoms with Gasteiger partial charge in [0.1, 0.15) is 11.6 Å². The highest BCUT2D eigenvalue weighted by Gasteiger charge is 2.23. The highest BCUT2D eigenvalue weighted by Crippen LogP contribution is 2.43. The summed E-state index contributed by atoms with van der Waals surface area (Å²) in [6, 6.07) is 7.64. The average molecular weight is 505 g/mol. The van der Waals surface area contributed by atoms with Crippen LogP contribution < -0.4 is 14.8 Å². The number of halogens is 1. The van der Waals surface area contributed by atoms with E-state index in [9.17, 15) is 30.3 Å². The molecule has 0 heterocycles. The topological polar surface area (TPSA) is 158 Å². The summed E-state index contributed by atoms with van der Waals surface area (Å²) < 4.78 is 11.2. The van der Waals surface area contributed by atoms with Crippen LogP contribution in [-0.2, 0) is 4.79 Å². The third kappa shape index (κ3) is 5.79. The second-order valence-electron chi connectivity index (χ2n) is 6.60. The van der Waals surface area contributed by atoms with Gasteiger partial charge in [0.25, 0.3) is 11.6 Å². The Morgan fingerprint density at radius 2 is 1.88 bits per heavy atom. The van der Waals surface area contributed by atoms with Crippen LogP contribution in [0.4, 0.5) is 11.4 Å². The highest BCUT2D eigenvalue weighted by molar-refractivity contribution is 9.10. The summed E-state index contributed by atoms with van der Waals surface area (Å²) in [6.07, 6.45) is 1.35. The van der Waals surface area contributed by atoms with Gasteiger partial charge < -0.3 is 14.8 Å². The van der Waals surface area contributed by atoms with Crippen molar-refractivity contribution in [2.24, 2.45) is 0 Å². The minimum Gasteiger partial charge on any atom is -0.493 e. The van der Waals surface area contributed by atoms with Gasteiger partial charge in [-0.1, -0.05) is 0 Å². The predicted octanol–water partition coefficient (Wildman–Crippen LogP) is 4.50. The third-order valence-electron chi connectivity index (χ3n) is 3.91. The summed E-state index contributed by atoms with van der Waals surface area (Å²) in [5.41, 5.74) is -0.768. The quantitative estimate of drug-likeness (QED) is 0.238. The molecule has 0 aliphatic heterocycles. The van der Waals surface area contributed by atoms with Gasteiger partial charge in [-0.05, 0) is 59.6 Å². The molecule has 0 atom stereocenters. The molecular weight excluding hydrogens is 488 g/mol. The zero-order chi connectivity index (χ0) is 24.0. The van der Waals surface area contributed by atoms with Crippen LogP contribution in [0.5, 0.6) is 17.2 Å². The largest absolute Gasteiger partial charge is 0.493 e. The molecule has 0 unspecified atom stereocenters. The van der Waals surface area contributed by atoms with Gasteiger partial charge in [0.05, 0.1) is 27.5 Å². The van der Waals surface area contributed by atoms with E-state index in [1.165, 1.54) is 25.3 Å². The maximum absolute atomic E-state index is 12.1. The van der Waals surface area contributed by atoms with Crippen molar-refractivity contribution in [3.05, 3.63) is 66.2 Å². The Morgan fingerprint density at radius 3 is 2.41 bits per heavy atom. The molecular formula is C20H17BrN4O7. The number of methoxy groups -OCH3 is 1. The zero-order valence-corrected chi connectivity index (χ0v) is 18.7. The van der Waals surface area contributed by atoms with Crippen molar-refractivity contribution < 1.29 is 24.1 Å². The van der Waals surface area contributed by atoms with Gasteiger partial charge in [0, 0.05) is 12.1 Å². The van der Waals surface area contributed by atoms with Crippen LogP contribution in [0.2, 0.25) is 0 Å². The van der Waals surface area contributed by atoms with Crippen LogP contribution in [0.1, 0.15) is 19.4 Å². The molecule has 166 valence electrons. The van der Waals surface area contributed by atoms with E-state index in [0.29, 0.717) is 10.0 Å². The van der Waals surface area contributed by atoms with Crippen molar-refractivity contribution in [3.8, 4) is 23.3 Å². The summed E-state index contributed by atoms with van der Waals surface area (Å²) in [5, 5.41) is 34.2. The van der Waals surface area contributed by atoms with E-state index in [1.807, 2.05) is 6.07 Å². The number of amides is 1. The number of carbonyl (C=O) groups excluding carboxylic acids is 1. The molecule has 12 heteroatoms. The molecule has 11 nitrogen and oxygen atoms in total. The van der Waals surface area contributed by atoms with Crippen molar-refractivity contribution in [3.63, 3.8) is 0 Å². The lowest BCUT2D eigenvalue weighted by molar-refractivity contribution is -0.394. The SMILES string of the molecule is COc1cc(/C=C(/C#N)C(=O)NC(C)C)cc(Br)c1Oc1ccc([N+](=O)[O-])cc1[N+](=O)[O-]. The first-order valence-corrected chi connectivity index (χ1v) is 9.77. The van der Waals surface area contributed by atoms with Gasteiger partial charge in [-0.15, -0.1) is 0 Å². The Kier molecular flexibility index (Phi) is 7.86. The Morgan fingerprint density at radius 1 is 1.19 bits per heavy atom. The molecule has 1 N–H and O–H groups in total. The first kappa shape index (κ1) is 24.3. The number of hydrogen-bond acceptors (Lipinski definition) is 8. The summed E-state index contributed by atoms with van der Waals surface area (Å²) in [6.45, 7) is 3.52. The second-order valence-corrected chi connectivity index (χ2v) is 7.45. The van der Waals surface area contributed by atoms with Crippen molar-refractivity contribution in [2.75, 3.05) is 7.11 Å². The van der Waals surface area contributed by atoms with Crippen molar-refractivity contribution in [1.82, 2.24) is 5.32 Å². The van der Waals surface area contributed by atoms with Gasteiger partial charge in [-0.3, -0.25) is 25.0 Å². The number of nitrogens with one attached hydrogen (secondary N) is 1. The molecule has 0 radical (unpaired) electrons. The molecule has 0 saturated carbocycles. The van der Waals surface area contributed by atoms with E-state index < -0.39 is 27.1 Å². The van der Waals surface area contributed by atoms with Crippen molar-refractivity contribution in [2.45, 2.75) is 19.9 Å². The molecule has 2 rings (SSSR count). The molecule has 0 fully saturated rings. The Balaban J connectivity index is 2.49. The number of hydrogen-bond donors (Lipinski definition) is 1. The Bertz CT molecular complexity index is 1160. The van der Waals surface area contributed by atoms with E-state index in [2.05, 4.69) is 21.2 Å². The lowest BCUT2D eigenvalue weighted by Crippen LogP contribution is -2.30. The molecule has 2 aromatic carbocycles. The molecule has 32 heavy (non-hydrogen) atoms. The van der Waals surface area contributed by atoms with Gasteiger partial charge in [0.15, 0.2) is 11.5 Å². The summed E-state index contributed by atoms with van der Waals surface area (Å²) in [4.78, 5) is 32.9. The zero-order valence-electron chi connectivity index (χ0n) is 17.1. The number of ether oxygens (including phenoxy) is 2. The average Bonchev–Trinajstić information content (AvgIpc) is 2.72. The maximum atomic E-state index is 12.1. The molecule has 0 saturated heterocycles. The summed E-state index contributed by atoms with van der Waals surface area (Å²) in [5.74, 6) is -0.581. The highest BCUT2D eigenvalue weighted by atomic mass is 79.9. The van der Waals surface area contributed by atoms with E-state index >= 15 is 0 Å². The van der Waals surface area contributed by atoms with E-state index in [0.717, 1.165) is 18.2 Å². The number of nitro groups is 2. The molecule has 0 aromatic heterocycles. The van der Waals surface area contributed by atoms with E-state index in [-0.39, 0.29) is 28.9 Å². The fourth-order valence-corrected chi connectivity index (χ4v) is 3.08. The van der Waals surface area contributed by atoms with Gasteiger partial charge in [-0.25, -0.2) is 0 Å². The first-order valence-electron chi connectivity index (χ1n) is 8.98. The monoisotopic (exact) mass is 504 g/mol. The lowest BCUT2D eigenvalue weighted by Gasteiger charge is -2.13. The number of carbonyl (C=O) groups is 1. The number of nitro benzene ring substituents is 2. The van der Waals surface area contributed by atoms with E-state index in [4.69, 9.17) is 9.47 Å². The molecule has 0 aliphatic carbocycles. The number of nitriles is 1. The Hall–Kier alpha value is -3.98. The van der Waals surface area contributed by atoms with Gasteiger partial charge in [-0.2, -0.15) is 5.26 Å². The lowest BCUT2D eigenvalue weighted by atomic mass is 10.1. The smallest absolute Gasteiger partial charge is 0.318 e. The van der Waals surface area contributed by atoms with E-state index in [1.54, 1.807) is 13.8 Å². The van der Waals surface area contributed by atoms with Gasteiger partial charge >= 0.3 is 5.69 Å². The molecule has 2 aromatic rings. The van der Waals surface area contributed by atoms with Gasteiger partial charge in [0.2, 0.25) is 5.75 Å². The molecule has 0 bridgehead atoms. The van der Waals surface area contributed by atoms with Crippen molar-refractivity contribution in [1.29, 1.82) is 5.26 Å². The molecule has 1 amide bonds. The van der Waals surface area contributed by atoms with Crippen LogP contribution in [0.25, 0.3) is 6.08 Å². The fraction of sp³-hybridized carbons (Fsp3) is 0.200. The van der Waals surface area contributed by atoms with Crippen LogP contribution in [0.3, 0.4) is 0 Å². The fourth-order valence-electron chi connectivity index (χ4n) is 2.54. The van der Waals surface area contributed by atoms with Crippen LogP contribution in [-0.4, -0.2) is 28.9 Å². The number of nitrogens with zero attached hydrogens (tertiary/aromatic N) is 3. The second kappa shape index (κ2) is 10.4. The predicted molar refractivity (Wildman–Crippen MR) is 117 cm³/mol. The summed E-state index contributed by atoms with van der Waals surface area (Å²) in [7, 11) is 1.34. The molecule has 0 spiro atoms. The minimum absolute atomic E-state index is 0.0618. The standard InChI is InChI=1S/C20H17BrN4O7/c1-11(2)23-20(26)13(10-22)6-12-7-15(21)19(18(8-12)31-3)32-17-5-4-14(24(27)28)9-16(17)25(29)30/h4-9,11H,1-3H3,(H,23,26)/b13-6-. The number of benzene rings is 2. The minimum atomic E-state index is -0.799. The van der Waals surface area contributed by atoms with Crippen LogP contribution >= 0.6 is 15.9 Å². The third-order valence-corrected chi connectivity index (χ3v) is 4.50. The number of rotatable bonds is 8. The molecule has 0 aliphatic rings. The summed E-state index contributed by atoms with van der Waals surface area (Å²) >= 11 is 3.29. The van der Waals surface area contributed by atoms with Crippen LogP contribution in [0, 0.1) is 31.6 Å². The van der Waals surface area contributed by atoms with Crippen molar-refractivity contribution >= 4 is 39.3 Å². The van der Waals surface area contributed by atoms with Crippen LogP contribution in [0.15, 0.2) is 40.4 Å². The first-order chi connectivity index (χ1) is 15.1. The normalized spacial score (nSPS) is 10.9. The maximum Gasteiger partial charge on any atom is 0.318 e. The Labute approximate surface area is 190 Å².